The molecule has 0 aliphatic heterocycles. The van der Waals surface area contributed by atoms with E-state index in [-0.39, 0.29) is 12.4 Å². The molecule has 0 aliphatic carbocycles. The fraction of sp³-hybridized carbons (Fsp3) is 0.667. The first-order valence-corrected chi connectivity index (χ1v) is 2.45. The highest BCUT2D eigenvalue weighted by atomic mass is 31.0. The maximum absolute atomic E-state index is 9.91. The predicted octanol–water partition coefficient (Wildman–Crippen LogP) is -0.577. The summed E-state index contributed by atoms with van der Waals surface area (Å²) in [5, 5.41) is 7.97. The number of hydrogen-bond acceptors (Lipinski definition) is 2. The van der Waals surface area contributed by atoms with Gasteiger partial charge in [-0.15, -0.1) is 9.24 Å². The topological polar surface area (TPSA) is 37.3 Å². The summed E-state index contributed by atoms with van der Waals surface area (Å²) in [5.41, 5.74) is 0. The van der Waals surface area contributed by atoms with Gasteiger partial charge in [-0.3, -0.25) is 4.79 Å². The third-order valence-corrected chi connectivity index (χ3v) is 0.859. The van der Waals surface area contributed by atoms with Gasteiger partial charge in [-0.2, -0.15) is 0 Å². The van der Waals surface area contributed by atoms with Gasteiger partial charge in [-0.1, -0.05) is 0 Å². The first-order valence-electron chi connectivity index (χ1n) is 1.64. The Morgan fingerprint density at radius 2 is 2.33 bits per heavy atom. The lowest BCUT2D eigenvalue weighted by Crippen LogP contribution is -2.02. The molecule has 0 rings (SSSR count). The average molecular weight is 106 g/mol. The number of aliphatic hydroxyl groups excluding tert-OH is 1. The van der Waals surface area contributed by atoms with Gasteiger partial charge >= 0.3 is 0 Å². The van der Waals surface area contributed by atoms with Crippen LogP contribution in [0.15, 0.2) is 0 Å². The fourth-order valence-electron chi connectivity index (χ4n) is 0.0645. The molecule has 0 fully saturated rings. The van der Waals surface area contributed by atoms with Crippen molar-refractivity contribution in [1.29, 1.82) is 0 Å². The highest BCUT2D eigenvalue weighted by Gasteiger charge is 1.88. The van der Waals surface area contributed by atoms with Crippen molar-refractivity contribution in [2.75, 3.05) is 12.8 Å². The molecule has 0 amide bonds. The van der Waals surface area contributed by atoms with Gasteiger partial charge in [-0.05, 0) is 0 Å². The molecule has 1 atom stereocenters. The molecule has 0 radical (unpaired) electrons. The third-order valence-electron chi connectivity index (χ3n) is 0.404. The van der Waals surface area contributed by atoms with Crippen LogP contribution in [0.4, 0.5) is 0 Å². The first-order chi connectivity index (χ1) is 2.81. The number of ketones is 1. The monoisotopic (exact) mass is 106 g/mol. The van der Waals surface area contributed by atoms with Crippen LogP contribution < -0.4 is 0 Å². The number of aliphatic hydroxyl groups is 1. The van der Waals surface area contributed by atoms with Crippen LogP contribution >= 0.6 is 9.24 Å². The highest BCUT2D eigenvalue weighted by molar-refractivity contribution is 7.18. The van der Waals surface area contributed by atoms with E-state index in [0.29, 0.717) is 6.16 Å². The Balaban J connectivity index is 2.99. The normalized spacial score (nSPS) is 8.33. The minimum atomic E-state index is -0.330. The molecule has 0 heterocycles. The van der Waals surface area contributed by atoms with Crippen LogP contribution in [-0.4, -0.2) is 23.7 Å². The summed E-state index contributed by atoms with van der Waals surface area (Å²) in [6, 6.07) is 0. The Kier molecular flexibility index (Phi) is 3.29. The van der Waals surface area contributed by atoms with Crippen molar-refractivity contribution in [3.63, 3.8) is 0 Å². The lowest BCUT2D eigenvalue weighted by molar-refractivity contribution is -0.119. The second kappa shape index (κ2) is 3.26. The summed E-state index contributed by atoms with van der Waals surface area (Å²) >= 11 is 0. The third kappa shape index (κ3) is 2.31. The second-order valence-corrected chi connectivity index (χ2v) is 1.31. The fourth-order valence-corrected chi connectivity index (χ4v) is 0.194. The van der Waals surface area contributed by atoms with Gasteiger partial charge in [0.25, 0.3) is 0 Å². The first kappa shape index (κ1) is 6.06. The predicted molar refractivity (Wildman–Crippen MR) is 26.7 cm³/mol. The zero-order valence-corrected chi connectivity index (χ0v) is 4.50. The van der Waals surface area contributed by atoms with Crippen molar-refractivity contribution in [3.8, 4) is 0 Å². The molecular weight excluding hydrogens is 99.0 g/mol. The molecule has 1 unspecified atom stereocenters. The molecule has 2 nitrogen and oxygen atoms in total. The lowest BCUT2D eigenvalue weighted by atomic mass is 10.5. The van der Waals surface area contributed by atoms with Crippen LogP contribution in [0.1, 0.15) is 0 Å². The van der Waals surface area contributed by atoms with Gasteiger partial charge in [0.15, 0.2) is 5.78 Å². The van der Waals surface area contributed by atoms with Crippen LogP contribution in [0.3, 0.4) is 0 Å². The van der Waals surface area contributed by atoms with Crippen LogP contribution in [0, 0.1) is 0 Å². The van der Waals surface area contributed by atoms with E-state index in [1.54, 1.807) is 0 Å². The molecule has 3 heteroatoms. The van der Waals surface area contributed by atoms with E-state index < -0.39 is 0 Å². The molecule has 0 bridgehead atoms. The van der Waals surface area contributed by atoms with Crippen LogP contribution in [0.2, 0.25) is 0 Å². The van der Waals surface area contributed by atoms with Crippen LogP contribution in [0.25, 0.3) is 0 Å². The molecule has 1 N–H and O–H groups in total. The van der Waals surface area contributed by atoms with E-state index in [0.717, 1.165) is 0 Å². The Hall–Kier alpha value is 0.0600. The number of hydrogen-bond donors (Lipinski definition) is 1. The molecular formula is C3H7O2P. The number of Topliss-reactive ketones (excluding diaryl/α,β-unsaturated/α-hetero) is 1. The lowest BCUT2D eigenvalue weighted by Gasteiger charge is -1.81. The minimum absolute atomic E-state index is 0.139. The van der Waals surface area contributed by atoms with Crippen LogP contribution in [0.5, 0.6) is 0 Å². The van der Waals surface area contributed by atoms with E-state index >= 15 is 0 Å². The second-order valence-electron chi connectivity index (χ2n) is 0.901. The van der Waals surface area contributed by atoms with E-state index in [9.17, 15) is 4.79 Å². The largest absolute Gasteiger partial charge is 0.389 e. The zero-order chi connectivity index (χ0) is 4.99. The summed E-state index contributed by atoms with van der Waals surface area (Å²) in [6.45, 7) is -0.330. The molecule has 6 heavy (non-hydrogen) atoms. The Labute approximate surface area is 38.8 Å². The molecule has 0 saturated carbocycles. The van der Waals surface area contributed by atoms with Gasteiger partial charge in [0, 0.05) is 6.16 Å². The highest BCUT2D eigenvalue weighted by Crippen LogP contribution is 1.78. The van der Waals surface area contributed by atoms with Gasteiger partial charge in [0.1, 0.15) is 6.61 Å². The quantitative estimate of drug-likeness (QED) is 0.478. The minimum Gasteiger partial charge on any atom is -0.389 e. The van der Waals surface area contributed by atoms with E-state index in [4.69, 9.17) is 5.11 Å². The van der Waals surface area contributed by atoms with Crippen molar-refractivity contribution >= 4 is 15.0 Å². The van der Waals surface area contributed by atoms with Crippen molar-refractivity contribution in [2.24, 2.45) is 0 Å². The smallest absolute Gasteiger partial charge is 0.161 e. The summed E-state index contributed by atoms with van der Waals surface area (Å²) in [7, 11) is 2.23. The molecule has 0 aromatic carbocycles. The van der Waals surface area contributed by atoms with Gasteiger partial charge in [0.05, 0.1) is 0 Å². The van der Waals surface area contributed by atoms with Gasteiger partial charge < -0.3 is 5.11 Å². The number of rotatable bonds is 2. The Morgan fingerprint density at radius 3 is 2.33 bits per heavy atom. The summed E-state index contributed by atoms with van der Waals surface area (Å²) in [6.07, 6.45) is 0.358. The molecule has 0 saturated heterocycles. The molecule has 0 aliphatic rings. The average Bonchev–Trinajstić information content (AvgIpc) is 1.65. The number of carbonyl (C=O) groups is 1. The van der Waals surface area contributed by atoms with E-state index in [1.165, 1.54) is 0 Å². The maximum Gasteiger partial charge on any atom is 0.161 e. The summed E-state index contributed by atoms with van der Waals surface area (Å²) in [4.78, 5) is 9.91. The van der Waals surface area contributed by atoms with E-state index in [2.05, 4.69) is 9.24 Å². The standard InChI is InChI=1S/C3H7O2P/c4-1-3(5)2-6/h4H,1-2,6H2. The molecule has 0 spiro atoms. The Bertz CT molecular complexity index is 46.8. The molecule has 0 aromatic heterocycles. The van der Waals surface area contributed by atoms with Crippen molar-refractivity contribution in [1.82, 2.24) is 0 Å². The van der Waals surface area contributed by atoms with Gasteiger partial charge in [0.2, 0.25) is 0 Å². The van der Waals surface area contributed by atoms with Crippen molar-refractivity contribution < 1.29 is 9.90 Å². The van der Waals surface area contributed by atoms with Crippen molar-refractivity contribution in [2.45, 2.75) is 0 Å². The number of carbonyl (C=O) groups excluding carboxylic acids is 1. The van der Waals surface area contributed by atoms with Gasteiger partial charge in [-0.25, -0.2) is 0 Å². The maximum atomic E-state index is 9.91. The zero-order valence-electron chi connectivity index (χ0n) is 3.35. The SMILES string of the molecule is O=C(CO)CP. The van der Waals surface area contributed by atoms with E-state index in [1.807, 2.05) is 0 Å². The summed E-state index contributed by atoms with van der Waals surface area (Å²) in [5.74, 6) is -0.139. The Morgan fingerprint density at radius 1 is 1.83 bits per heavy atom. The summed E-state index contributed by atoms with van der Waals surface area (Å²) < 4.78 is 0. The van der Waals surface area contributed by atoms with Crippen molar-refractivity contribution in [3.05, 3.63) is 0 Å². The molecule has 0 aromatic rings. The molecule has 36 valence electrons. The van der Waals surface area contributed by atoms with Crippen LogP contribution in [-0.2, 0) is 4.79 Å².